The Hall–Kier alpha value is -0.790. The van der Waals surface area contributed by atoms with E-state index in [0.29, 0.717) is 10.7 Å². The monoisotopic (exact) mass is 306 g/mol. The van der Waals surface area contributed by atoms with Crippen molar-refractivity contribution in [3.05, 3.63) is 70.2 Å². The summed E-state index contributed by atoms with van der Waals surface area (Å²) in [6, 6.07) is 16.8. The van der Waals surface area contributed by atoms with Crippen molar-refractivity contribution in [1.29, 1.82) is 0 Å². The molecular weight excluding hydrogens is 296 g/mol. The molecule has 1 aliphatic rings. The molecular formula is C15H12BrCl. The van der Waals surface area contributed by atoms with Crippen molar-refractivity contribution in [2.75, 3.05) is 0 Å². The highest BCUT2D eigenvalue weighted by Crippen LogP contribution is 2.47. The lowest BCUT2D eigenvalue weighted by Crippen LogP contribution is -2.20. The third-order valence-electron chi connectivity index (χ3n) is 3.44. The number of fused-ring (bicyclic) bond motifs is 1. The highest BCUT2D eigenvalue weighted by molar-refractivity contribution is 9.09. The van der Waals surface area contributed by atoms with E-state index in [1.807, 2.05) is 12.1 Å². The van der Waals surface area contributed by atoms with Gasteiger partial charge in [0.2, 0.25) is 0 Å². The molecule has 2 unspecified atom stereocenters. The third kappa shape index (κ3) is 2.02. The predicted octanol–water partition coefficient (Wildman–Crippen LogP) is 5.12. The topological polar surface area (TPSA) is 0 Å². The van der Waals surface area contributed by atoms with Crippen LogP contribution in [0, 0.1) is 0 Å². The smallest absolute Gasteiger partial charge is 0.0467 e. The average Bonchev–Trinajstić information content (AvgIpc) is 2.31. The van der Waals surface area contributed by atoms with Crippen molar-refractivity contribution in [2.24, 2.45) is 0 Å². The molecule has 0 heterocycles. The fourth-order valence-corrected chi connectivity index (χ4v) is 3.34. The minimum Gasteiger partial charge on any atom is -0.0843 e. The second-order valence-electron chi connectivity index (χ2n) is 4.46. The molecule has 0 saturated heterocycles. The van der Waals surface area contributed by atoms with Crippen LogP contribution in [0.4, 0.5) is 0 Å². The average molecular weight is 308 g/mol. The van der Waals surface area contributed by atoms with Crippen LogP contribution in [0.2, 0.25) is 5.02 Å². The number of hydrogen-bond acceptors (Lipinski definition) is 0. The first kappa shape index (κ1) is 11.3. The molecule has 2 atom stereocenters. The van der Waals surface area contributed by atoms with E-state index in [0.717, 1.165) is 11.4 Å². The Balaban J connectivity index is 1.86. The standard InChI is InChI=1S/C15H12BrCl/c16-15(10-5-7-12(17)8-6-10)14-9-11-3-1-2-4-13(11)14/h1-8,14-15H,9H2. The SMILES string of the molecule is Clc1ccc(C(Br)C2Cc3ccccc32)cc1. The minimum atomic E-state index is 0.384. The molecule has 0 saturated carbocycles. The van der Waals surface area contributed by atoms with E-state index in [1.54, 1.807) is 0 Å². The molecule has 0 spiro atoms. The van der Waals surface area contributed by atoms with Gasteiger partial charge in [-0.05, 0) is 35.2 Å². The van der Waals surface area contributed by atoms with E-state index in [-0.39, 0.29) is 0 Å². The zero-order chi connectivity index (χ0) is 11.8. The van der Waals surface area contributed by atoms with Gasteiger partial charge in [-0.15, -0.1) is 0 Å². The van der Waals surface area contributed by atoms with Gasteiger partial charge in [0.05, 0.1) is 0 Å². The molecule has 0 aromatic heterocycles. The fraction of sp³-hybridized carbons (Fsp3) is 0.200. The molecule has 86 valence electrons. The number of benzene rings is 2. The Labute approximate surface area is 115 Å². The van der Waals surface area contributed by atoms with Gasteiger partial charge in [0.15, 0.2) is 0 Å². The lowest BCUT2D eigenvalue weighted by atomic mass is 9.74. The molecule has 1 aliphatic carbocycles. The summed E-state index contributed by atoms with van der Waals surface area (Å²) in [6.45, 7) is 0. The Morgan fingerprint density at radius 1 is 1.06 bits per heavy atom. The van der Waals surface area contributed by atoms with Crippen LogP contribution in [0.5, 0.6) is 0 Å². The Morgan fingerprint density at radius 2 is 1.76 bits per heavy atom. The highest BCUT2D eigenvalue weighted by atomic mass is 79.9. The van der Waals surface area contributed by atoms with Crippen molar-refractivity contribution in [1.82, 2.24) is 0 Å². The number of alkyl halides is 1. The van der Waals surface area contributed by atoms with Gasteiger partial charge in [0.1, 0.15) is 0 Å². The maximum Gasteiger partial charge on any atom is 0.0467 e. The Morgan fingerprint density at radius 3 is 2.47 bits per heavy atom. The first-order valence-corrected chi connectivity index (χ1v) is 7.02. The molecule has 2 aromatic carbocycles. The van der Waals surface area contributed by atoms with E-state index in [4.69, 9.17) is 11.6 Å². The summed E-state index contributed by atoms with van der Waals surface area (Å²) >= 11 is 9.72. The molecule has 2 heteroatoms. The van der Waals surface area contributed by atoms with Crippen LogP contribution in [0.1, 0.15) is 27.4 Å². The Kier molecular flexibility index (Phi) is 2.97. The highest BCUT2D eigenvalue weighted by Gasteiger charge is 2.31. The summed E-state index contributed by atoms with van der Waals surface area (Å²) in [5.74, 6) is 0.590. The van der Waals surface area contributed by atoms with Gasteiger partial charge < -0.3 is 0 Å². The van der Waals surface area contributed by atoms with E-state index < -0.39 is 0 Å². The van der Waals surface area contributed by atoms with Crippen LogP contribution in [0.3, 0.4) is 0 Å². The molecule has 0 aliphatic heterocycles. The summed E-state index contributed by atoms with van der Waals surface area (Å²) in [6.07, 6.45) is 1.16. The lowest BCUT2D eigenvalue weighted by Gasteiger charge is -2.34. The summed E-state index contributed by atoms with van der Waals surface area (Å²) in [5, 5.41) is 0.794. The van der Waals surface area contributed by atoms with Crippen molar-refractivity contribution in [2.45, 2.75) is 17.2 Å². The van der Waals surface area contributed by atoms with Gasteiger partial charge >= 0.3 is 0 Å². The Bertz CT molecular complexity index is 533. The minimum absolute atomic E-state index is 0.384. The van der Waals surface area contributed by atoms with Gasteiger partial charge in [-0.2, -0.15) is 0 Å². The normalized spacial score (nSPS) is 19.3. The number of hydrogen-bond donors (Lipinski definition) is 0. The zero-order valence-corrected chi connectivity index (χ0v) is 11.6. The fourth-order valence-electron chi connectivity index (χ4n) is 2.44. The predicted molar refractivity (Wildman–Crippen MR) is 76.0 cm³/mol. The number of halogens is 2. The van der Waals surface area contributed by atoms with Crippen LogP contribution in [-0.2, 0) is 6.42 Å². The van der Waals surface area contributed by atoms with Crippen LogP contribution in [0.25, 0.3) is 0 Å². The molecule has 3 rings (SSSR count). The van der Waals surface area contributed by atoms with Crippen LogP contribution >= 0.6 is 27.5 Å². The van der Waals surface area contributed by atoms with E-state index in [1.165, 1.54) is 16.7 Å². The van der Waals surface area contributed by atoms with Gasteiger partial charge in [-0.25, -0.2) is 0 Å². The summed E-state index contributed by atoms with van der Waals surface area (Å²) in [5.41, 5.74) is 4.26. The van der Waals surface area contributed by atoms with Gasteiger partial charge in [0, 0.05) is 15.8 Å². The number of rotatable bonds is 2. The molecule has 0 radical (unpaired) electrons. The first-order chi connectivity index (χ1) is 8.25. The molecule has 0 amide bonds. The zero-order valence-electron chi connectivity index (χ0n) is 9.24. The van der Waals surface area contributed by atoms with Crippen molar-refractivity contribution < 1.29 is 0 Å². The van der Waals surface area contributed by atoms with E-state index >= 15 is 0 Å². The van der Waals surface area contributed by atoms with Gasteiger partial charge in [-0.1, -0.05) is 63.9 Å². The second-order valence-corrected chi connectivity index (χ2v) is 5.89. The summed E-state index contributed by atoms with van der Waals surface area (Å²) < 4.78 is 0. The second kappa shape index (κ2) is 4.47. The van der Waals surface area contributed by atoms with Crippen LogP contribution in [0.15, 0.2) is 48.5 Å². The molecule has 0 nitrogen and oxygen atoms in total. The summed E-state index contributed by atoms with van der Waals surface area (Å²) in [4.78, 5) is 0.384. The molecule has 2 aromatic rings. The van der Waals surface area contributed by atoms with Crippen molar-refractivity contribution in [3.63, 3.8) is 0 Å². The largest absolute Gasteiger partial charge is 0.0843 e. The van der Waals surface area contributed by atoms with Gasteiger partial charge in [-0.3, -0.25) is 0 Å². The molecule has 0 fully saturated rings. The first-order valence-electron chi connectivity index (χ1n) is 5.73. The molecule has 0 bridgehead atoms. The van der Waals surface area contributed by atoms with E-state index in [9.17, 15) is 0 Å². The lowest BCUT2D eigenvalue weighted by molar-refractivity contribution is 0.600. The van der Waals surface area contributed by atoms with Crippen LogP contribution < -0.4 is 0 Å². The third-order valence-corrected chi connectivity index (χ3v) is 4.85. The van der Waals surface area contributed by atoms with Crippen molar-refractivity contribution >= 4 is 27.5 Å². The van der Waals surface area contributed by atoms with E-state index in [2.05, 4.69) is 52.3 Å². The molecule has 0 N–H and O–H groups in total. The summed E-state index contributed by atoms with van der Waals surface area (Å²) in [7, 11) is 0. The maximum atomic E-state index is 5.91. The molecule has 17 heavy (non-hydrogen) atoms. The van der Waals surface area contributed by atoms with Gasteiger partial charge in [0.25, 0.3) is 0 Å². The van der Waals surface area contributed by atoms with Crippen LogP contribution in [-0.4, -0.2) is 0 Å². The van der Waals surface area contributed by atoms with Crippen molar-refractivity contribution in [3.8, 4) is 0 Å². The quantitative estimate of drug-likeness (QED) is 0.676. The maximum absolute atomic E-state index is 5.91.